The highest BCUT2D eigenvalue weighted by molar-refractivity contribution is 8.13. The third-order valence-electron chi connectivity index (χ3n) is 1.88. The molecule has 9 heteroatoms. The Morgan fingerprint density at radius 1 is 1.39 bits per heavy atom. The summed E-state index contributed by atoms with van der Waals surface area (Å²) in [6.45, 7) is 1.34. The molecule has 0 bridgehead atoms. The predicted molar refractivity (Wildman–Crippen MR) is 60.8 cm³/mol. The molecule has 0 amide bonds. The molecule has 18 heavy (non-hydrogen) atoms. The quantitative estimate of drug-likeness (QED) is 0.620. The van der Waals surface area contributed by atoms with E-state index >= 15 is 0 Å². The van der Waals surface area contributed by atoms with Crippen molar-refractivity contribution in [3.8, 4) is 6.07 Å². The second-order valence-electron chi connectivity index (χ2n) is 3.21. The zero-order valence-electron chi connectivity index (χ0n) is 8.75. The fourth-order valence-corrected chi connectivity index (χ4v) is 3.09. The van der Waals surface area contributed by atoms with Gasteiger partial charge in [0.05, 0.1) is 5.56 Å². The van der Waals surface area contributed by atoms with Crippen LogP contribution in [-0.2, 0) is 9.05 Å². The van der Waals surface area contributed by atoms with Crippen LogP contribution in [0.5, 0.6) is 0 Å². The van der Waals surface area contributed by atoms with Crippen molar-refractivity contribution >= 4 is 31.5 Å². The Labute approximate surface area is 110 Å². The summed E-state index contributed by atoms with van der Waals surface area (Å²) in [6, 6.07) is 3.43. The Bertz CT molecular complexity index is 620. The van der Waals surface area contributed by atoms with Crippen molar-refractivity contribution < 1.29 is 21.6 Å². The van der Waals surface area contributed by atoms with E-state index in [9.17, 15) is 21.6 Å². The van der Waals surface area contributed by atoms with Crippen molar-refractivity contribution in [3.63, 3.8) is 0 Å². The van der Waals surface area contributed by atoms with Gasteiger partial charge in [0.15, 0.2) is 0 Å². The molecule has 0 saturated carbocycles. The first-order valence-corrected chi connectivity index (χ1v) is 7.42. The van der Waals surface area contributed by atoms with Gasteiger partial charge in [0.25, 0.3) is 9.05 Å². The first-order chi connectivity index (χ1) is 8.04. The molecule has 0 aromatic heterocycles. The third kappa shape index (κ3) is 3.80. The van der Waals surface area contributed by atoms with Gasteiger partial charge in [-0.05, 0) is 36.4 Å². The number of nitrogens with zero attached hydrogens (tertiary/aromatic N) is 1. The van der Waals surface area contributed by atoms with Crippen molar-refractivity contribution in [1.29, 1.82) is 5.26 Å². The van der Waals surface area contributed by atoms with Gasteiger partial charge in [-0.2, -0.15) is 18.4 Å². The van der Waals surface area contributed by atoms with Crippen molar-refractivity contribution in [2.45, 2.75) is 22.2 Å². The summed E-state index contributed by atoms with van der Waals surface area (Å²) in [4.78, 5) is -0.948. The van der Waals surface area contributed by atoms with Gasteiger partial charge in [-0.15, -0.1) is 0 Å². The highest BCUT2D eigenvalue weighted by Gasteiger charge is 2.30. The molecule has 1 aromatic carbocycles. The summed E-state index contributed by atoms with van der Waals surface area (Å²) in [7, 11) is 0.811. The zero-order chi connectivity index (χ0) is 14.1. The van der Waals surface area contributed by atoms with Crippen molar-refractivity contribution in [3.05, 3.63) is 23.3 Å². The van der Waals surface area contributed by atoms with Crippen molar-refractivity contribution in [1.82, 2.24) is 0 Å². The molecule has 0 spiro atoms. The molecule has 0 heterocycles. The first kappa shape index (κ1) is 15.1. The van der Waals surface area contributed by atoms with Crippen LogP contribution in [0.3, 0.4) is 0 Å². The number of nitriles is 1. The molecular formula is C9H5ClF3NO2S2. The van der Waals surface area contributed by atoms with Gasteiger partial charge in [-0.3, -0.25) is 0 Å². The molecule has 0 aliphatic carbocycles. The highest BCUT2D eigenvalue weighted by atomic mass is 35.7. The number of alkyl halides is 3. The van der Waals surface area contributed by atoms with E-state index in [0.717, 1.165) is 12.1 Å². The van der Waals surface area contributed by atoms with Crippen LogP contribution in [0, 0.1) is 18.3 Å². The Morgan fingerprint density at radius 2 is 1.94 bits per heavy atom. The van der Waals surface area contributed by atoms with Crippen LogP contribution in [-0.4, -0.2) is 13.9 Å². The molecule has 1 aromatic rings. The fraction of sp³-hybridized carbons (Fsp3) is 0.222. The van der Waals surface area contributed by atoms with Gasteiger partial charge in [0, 0.05) is 15.6 Å². The van der Waals surface area contributed by atoms with Crippen LogP contribution in [0.1, 0.15) is 11.1 Å². The molecule has 0 aliphatic rings. The average Bonchev–Trinajstić information content (AvgIpc) is 2.12. The topological polar surface area (TPSA) is 57.9 Å². The average molecular weight is 316 g/mol. The number of benzene rings is 1. The second kappa shape index (κ2) is 4.99. The van der Waals surface area contributed by atoms with Crippen molar-refractivity contribution in [2.24, 2.45) is 0 Å². The minimum absolute atomic E-state index is 0.117. The molecule has 0 aliphatic heterocycles. The van der Waals surface area contributed by atoms with Crippen LogP contribution in [0.2, 0.25) is 0 Å². The Morgan fingerprint density at radius 3 is 2.33 bits per heavy atom. The van der Waals surface area contributed by atoms with Crippen LogP contribution in [0.15, 0.2) is 21.9 Å². The number of aryl methyl sites for hydroxylation is 1. The standard InChI is InChI=1S/C9H5ClF3NO2S2/c1-5-2-6(17-9(11,12)13)3-8(7(5)4-14)18(10,15)16/h2-3H,1H3. The summed E-state index contributed by atoms with van der Waals surface area (Å²) < 4.78 is 59.0. The fourth-order valence-electron chi connectivity index (χ4n) is 1.25. The van der Waals surface area contributed by atoms with Crippen LogP contribution >= 0.6 is 22.4 Å². The van der Waals surface area contributed by atoms with Crippen LogP contribution in [0.25, 0.3) is 0 Å². The van der Waals surface area contributed by atoms with Crippen molar-refractivity contribution in [2.75, 3.05) is 0 Å². The van der Waals surface area contributed by atoms with E-state index in [2.05, 4.69) is 0 Å². The number of halogens is 4. The lowest BCUT2D eigenvalue weighted by atomic mass is 10.1. The summed E-state index contributed by atoms with van der Waals surface area (Å²) in [6.07, 6.45) is 0. The maximum Gasteiger partial charge on any atom is 0.446 e. The maximum atomic E-state index is 12.2. The number of thioether (sulfide) groups is 1. The summed E-state index contributed by atoms with van der Waals surface area (Å²) in [5.74, 6) is 0. The minimum Gasteiger partial charge on any atom is -0.207 e. The summed E-state index contributed by atoms with van der Waals surface area (Å²) in [5.41, 5.74) is -4.68. The molecule has 0 N–H and O–H groups in total. The molecule has 0 atom stereocenters. The Kier molecular flexibility index (Phi) is 4.20. The van der Waals surface area contributed by atoms with Crippen LogP contribution < -0.4 is 0 Å². The minimum atomic E-state index is -4.55. The number of hydrogen-bond donors (Lipinski definition) is 0. The Balaban J connectivity index is 3.47. The second-order valence-corrected chi connectivity index (χ2v) is 6.88. The first-order valence-electron chi connectivity index (χ1n) is 4.30. The number of hydrogen-bond acceptors (Lipinski definition) is 4. The van der Waals surface area contributed by atoms with Crippen LogP contribution in [0.4, 0.5) is 13.2 Å². The van der Waals surface area contributed by atoms with Gasteiger partial charge < -0.3 is 0 Å². The summed E-state index contributed by atoms with van der Waals surface area (Å²) >= 11 is -0.468. The van der Waals surface area contributed by atoms with E-state index in [1.165, 1.54) is 6.92 Å². The van der Waals surface area contributed by atoms with Gasteiger partial charge in [-0.1, -0.05) is 0 Å². The predicted octanol–water partition coefficient (Wildman–Crippen LogP) is 3.41. The lowest BCUT2D eigenvalue weighted by molar-refractivity contribution is -0.0328. The molecule has 0 unspecified atom stereocenters. The zero-order valence-corrected chi connectivity index (χ0v) is 11.1. The van der Waals surface area contributed by atoms with E-state index in [1.807, 2.05) is 0 Å². The monoisotopic (exact) mass is 315 g/mol. The molecule has 0 radical (unpaired) electrons. The largest absolute Gasteiger partial charge is 0.446 e. The molecular weight excluding hydrogens is 311 g/mol. The molecule has 1 rings (SSSR count). The summed E-state index contributed by atoms with van der Waals surface area (Å²) in [5, 5.41) is 8.78. The lowest BCUT2D eigenvalue weighted by Crippen LogP contribution is -2.02. The van der Waals surface area contributed by atoms with E-state index in [0.29, 0.717) is 0 Å². The van der Waals surface area contributed by atoms with Gasteiger partial charge in [0.2, 0.25) is 0 Å². The normalized spacial score (nSPS) is 12.2. The molecule has 0 saturated heterocycles. The van der Waals surface area contributed by atoms with E-state index < -0.39 is 31.2 Å². The highest BCUT2D eigenvalue weighted by Crippen LogP contribution is 2.39. The lowest BCUT2D eigenvalue weighted by Gasteiger charge is -2.09. The maximum absolute atomic E-state index is 12.2. The molecule has 0 fully saturated rings. The van der Waals surface area contributed by atoms with Gasteiger partial charge in [0.1, 0.15) is 11.0 Å². The third-order valence-corrected chi connectivity index (χ3v) is 3.93. The SMILES string of the molecule is Cc1cc(SC(F)(F)F)cc(S(=O)(=O)Cl)c1C#N. The van der Waals surface area contributed by atoms with E-state index in [4.69, 9.17) is 15.9 Å². The molecule has 3 nitrogen and oxygen atoms in total. The van der Waals surface area contributed by atoms with Gasteiger partial charge >= 0.3 is 5.51 Å². The van der Waals surface area contributed by atoms with E-state index in [-0.39, 0.29) is 16.0 Å². The smallest absolute Gasteiger partial charge is 0.207 e. The van der Waals surface area contributed by atoms with Gasteiger partial charge in [-0.25, -0.2) is 8.42 Å². The number of rotatable bonds is 2. The van der Waals surface area contributed by atoms with E-state index in [1.54, 1.807) is 6.07 Å². The molecule has 98 valence electrons. The Hall–Kier alpha value is -0.910.